The summed E-state index contributed by atoms with van der Waals surface area (Å²) in [7, 11) is 0. The fraction of sp³-hybridized carbons (Fsp3) is 0.571. The van der Waals surface area contributed by atoms with Crippen LogP contribution in [-0.2, 0) is 6.42 Å². The molecule has 0 fully saturated rings. The summed E-state index contributed by atoms with van der Waals surface area (Å²) in [6, 6.07) is 7.26. The lowest BCUT2D eigenvalue weighted by Gasteiger charge is -2.17. The minimum atomic E-state index is 0.572. The summed E-state index contributed by atoms with van der Waals surface area (Å²) in [5.41, 5.74) is 3.01. The second-order valence-electron chi connectivity index (χ2n) is 4.90. The summed E-state index contributed by atoms with van der Waals surface area (Å²) in [6.45, 7) is 3.45. The van der Waals surface area contributed by atoms with Gasteiger partial charge in [-0.3, -0.25) is 0 Å². The Morgan fingerprint density at radius 2 is 2.35 bits per heavy atom. The van der Waals surface area contributed by atoms with E-state index < -0.39 is 0 Å². The Morgan fingerprint density at radius 1 is 1.53 bits per heavy atom. The molecule has 0 aromatic heterocycles. The number of rotatable bonds is 5. The average molecular weight is 314 g/mol. The number of hydrogen-bond donors (Lipinski definition) is 1. The van der Waals surface area contributed by atoms with Crippen LogP contribution >= 0.6 is 27.7 Å². The molecule has 0 heterocycles. The van der Waals surface area contributed by atoms with E-state index >= 15 is 0 Å². The summed E-state index contributed by atoms with van der Waals surface area (Å²) in [5.74, 6) is 2.00. The van der Waals surface area contributed by atoms with Crippen molar-refractivity contribution in [3.63, 3.8) is 0 Å². The summed E-state index contributed by atoms with van der Waals surface area (Å²) >= 11 is 5.48. The quantitative estimate of drug-likeness (QED) is 0.881. The SMILES string of the molecule is CSCC(C)CNC1CCc2cc(Br)ccc21. The van der Waals surface area contributed by atoms with Crippen molar-refractivity contribution in [1.82, 2.24) is 5.32 Å². The van der Waals surface area contributed by atoms with Gasteiger partial charge in [-0.15, -0.1) is 0 Å². The second-order valence-corrected chi connectivity index (χ2v) is 6.73. The number of hydrogen-bond acceptors (Lipinski definition) is 2. The Kier molecular flexibility index (Phi) is 4.95. The van der Waals surface area contributed by atoms with Gasteiger partial charge in [-0.1, -0.05) is 28.9 Å². The fourth-order valence-corrected chi connectivity index (χ4v) is 3.58. The zero-order valence-corrected chi connectivity index (χ0v) is 12.9. The van der Waals surface area contributed by atoms with E-state index in [1.807, 2.05) is 11.8 Å². The number of fused-ring (bicyclic) bond motifs is 1. The first-order chi connectivity index (χ1) is 8.20. The molecule has 1 aliphatic carbocycles. The van der Waals surface area contributed by atoms with Crippen LogP contribution in [0.25, 0.3) is 0 Å². The molecule has 1 nitrogen and oxygen atoms in total. The van der Waals surface area contributed by atoms with Crippen molar-refractivity contribution in [1.29, 1.82) is 0 Å². The molecule has 0 aliphatic heterocycles. The van der Waals surface area contributed by atoms with Crippen molar-refractivity contribution in [2.45, 2.75) is 25.8 Å². The molecule has 0 amide bonds. The highest BCUT2D eigenvalue weighted by Crippen LogP contribution is 2.32. The van der Waals surface area contributed by atoms with Crippen molar-refractivity contribution < 1.29 is 0 Å². The van der Waals surface area contributed by atoms with E-state index in [0.717, 1.165) is 12.5 Å². The summed E-state index contributed by atoms with van der Waals surface area (Å²) in [4.78, 5) is 0. The molecule has 0 spiro atoms. The minimum absolute atomic E-state index is 0.572. The van der Waals surface area contributed by atoms with Crippen molar-refractivity contribution in [2.24, 2.45) is 5.92 Å². The predicted octanol–water partition coefficient (Wildman–Crippen LogP) is 4.03. The Hall–Kier alpha value is 0.01000. The van der Waals surface area contributed by atoms with E-state index in [9.17, 15) is 0 Å². The molecular weight excluding hydrogens is 294 g/mol. The number of nitrogens with one attached hydrogen (secondary N) is 1. The van der Waals surface area contributed by atoms with Crippen LogP contribution in [0, 0.1) is 5.92 Å². The summed E-state index contributed by atoms with van der Waals surface area (Å²) in [6.07, 6.45) is 4.64. The average Bonchev–Trinajstić information content (AvgIpc) is 2.69. The second kappa shape index (κ2) is 6.26. The van der Waals surface area contributed by atoms with Gasteiger partial charge in [0.2, 0.25) is 0 Å². The van der Waals surface area contributed by atoms with Crippen LogP contribution in [0.15, 0.2) is 22.7 Å². The lowest BCUT2D eigenvalue weighted by atomic mass is 10.1. The topological polar surface area (TPSA) is 12.0 Å². The lowest BCUT2D eigenvalue weighted by Crippen LogP contribution is -2.25. The smallest absolute Gasteiger partial charge is 0.0326 e. The van der Waals surface area contributed by atoms with Crippen molar-refractivity contribution in [3.05, 3.63) is 33.8 Å². The van der Waals surface area contributed by atoms with Crippen molar-refractivity contribution in [2.75, 3.05) is 18.6 Å². The zero-order chi connectivity index (χ0) is 12.3. The zero-order valence-electron chi connectivity index (χ0n) is 10.5. The molecule has 1 N–H and O–H groups in total. The van der Waals surface area contributed by atoms with Crippen LogP contribution < -0.4 is 5.32 Å². The van der Waals surface area contributed by atoms with E-state index in [1.54, 1.807) is 0 Å². The molecule has 1 aromatic rings. The van der Waals surface area contributed by atoms with Crippen molar-refractivity contribution in [3.8, 4) is 0 Å². The van der Waals surface area contributed by atoms with Crippen LogP contribution in [0.3, 0.4) is 0 Å². The molecule has 2 atom stereocenters. The van der Waals surface area contributed by atoms with Gasteiger partial charge in [-0.25, -0.2) is 0 Å². The monoisotopic (exact) mass is 313 g/mol. The molecule has 1 aromatic carbocycles. The summed E-state index contributed by atoms with van der Waals surface area (Å²) in [5, 5.41) is 3.71. The first-order valence-corrected chi connectivity index (χ1v) is 8.40. The Bertz CT molecular complexity index is 380. The Balaban J connectivity index is 1.93. The highest BCUT2D eigenvalue weighted by atomic mass is 79.9. The van der Waals surface area contributed by atoms with Gasteiger partial charge in [0, 0.05) is 10.5 Å². The van der Waals surface area contributed by atoms with Gasteiger partial charge in [0.05, 0.1) is 0 Å². The molecule has 2 unspecified atom stereocenters. The number of halogens is 1. The van der Waals surface area contributed by atoms with E-state index in [2.05, 4.69) is 52.6 Å². The first kappa shape index (κ1) is 13.4. The first-order valence-electron chi connectivity index (χ1n) is 6.21. The molecule has 0 bridgehead atoms. The van der Waals surface area contributed by atoms with Gasteiger partial charge < -0.3 is 5.32 Å². The molecule has 0 saturated carbocycles. The third-order valence-corrected chi connectivity index (χ3v) is 4.74. The van der Waals surface area contributed by atoms with Crippen LogP contribution in [0.4, 0.5) is 0 Å². The molecule has 3 heteroatoms. The Labute approximate surface area is 117 Å². The van der Waals surface area contributed by atoms with Gasteiger partial charge in [0.1, 0.15) is 0 Å². The molecule has 0 saturated heterocycles. The third kappa shape index (κ3) is 3.49. The maximum atomic E-state index is 3.71. The van der Waals surface area contributed by atoms with Crippen LogP contribution in [0.5, 0.6) is 0 Å². The van der Waals surface area contributed by atoms with Gasteiger partial charge in [0.15, 0.2) is 0 Å². The third-order valence-electron chi connectivity index (χ3n) is 3.35. The molecule has 0 radical (unpaired) electrons. The van der Waals surface area contributed by atoms with Gasteiger partial charge in [0.25, 0.3) is 0 Å². The van der Waals surface area contributed by atoms with Crippen LogP contribution in [0.1, 0.15) is 30.5 Å². The molecule has 1 aliphatic rings. The normalized spacial score (nSPS) is 20.3. The predicted molar refractivity (Wildman–Crippen MR) is 80.8 cm³/mol. The molecule has 2 rings (SSSR count). The van der Waals surface area contributed by atoms with E-state index in [-0.39, 0.29) is 0 Å². The highest BCUT2D eigenvalue weighted by molar-refractivity contribution is 9.10. The summed E-state index contributed by atoms with van der Waals surface area (Å²) < 4.78 is 1.20. The number of aryl methyl sites for hydroxylation is 1. The van der Waals surface area contributed by atoms with E-state index in [1.165, 1.54) is 34.2 Å². The fourth-order valence-electron chi connectivity index (χ4n) is 2.49. The van der Waals surface area contributed by atoms with E-state index in [0.29, 0.717) is 6.04 Å². The molecule has 94 valence electrons. The van der Waals surface area contributed by atoms with Crippen LogP contribution in [-0.4, -0.2) is 18.6 Å². The maximum Gasteiger partial charge on any atom is 0.0326 e. The van der Waals surface area contributed by atoms with Gasteiger partial charge in [-0.05, 0) is 60.6 Å². The van der Waals surface area contributed by atoms with Crippen LogP contribution in [0.2, 0.25) is 0 Å². The maximum absolute atomic E-state index is 3.71. The van der Waals surface area contributed by atoms with Gasteiger partial charge >= 0.3 is 0 Å². The number of thioether (sulfide) groups is 1. The molecule has 17 heavy (non-hydrogen) atoms. The highest BCUT2D eigenvalue weighted by Gasteiger charge is 2.22. The molecular formula is C14H20BrNS. The van der Waals surface area contributed by atoms with Crippen molar-refractivity contribution >= 4 is 27.7 Å². The lowest BCUT2D eigenvalue weighted by molar-refractivity contribution is 0.476. The minimum Gasteiger partial charge on any atom is -0.310 e. The largest absolute Gasteiger partial charge is 0.310 e. The number of benzene rings is 1. The van der Waals surface area contributed by atoms with E-state index in [4.69, 9.17) is 0 Å². The standard InChI is InChI=1S/C14H20BrNS/c1-10(9-17-2)8-16-14-6-3-11-7-12(15)4-5-13(11)14/h4-5,7,10,14,16H,3,6,8-9H2,1-2H3. The Morgan fingerprint density at radius 3 is 3.12 bits per heavy atom. The van der Waals surface area contributed by atoms with Gasteiger partial charge in [-0.2, -0.15) is 11.8 Å².